The van der Waals surface area contributed by atoms with Gasteiger partial charge < -0.3 is 4.74 Å². The van der Waals surface area contributed by atoms with E-state index in [1.54, 1.807) is 30.8 Å². The molecule has 2 rings (SSSR count). The van der Waals surface area contributed by atoms with Crippen LogP contribution in [0.2, 0.25) is 0 Å². The third kappa shape index (κ3) is 2.54. The summed E-state index contributed by atoms with van der Waals surface area (Å²) in [6.45, 7) is 3.10. The van der Waals surface area contributed by atoms with Crippen LogP contribution < -0.4 is 10.2 Å². The number of Topliss-reactive ketones (excluding diaryl/α,β-unsaturated/α-hetero) is 1. The third-order valence-corrected chi connectivity index (χ3v) is 2.76. The minimum absolute atomic E-state index is 0.0542. The van der Waals surface area contributed by atoms with Crippen molar-refractivity contribution in [2.45, 2.75) is 13.8 Å². The summed E-state index contributed by atoms with van der Waals surface area (Å²) < 4.78 is 6.65. The van der Waals surface area contributed by atoms with Gasteiger partial charge in [0, 0.05) is 18.7 Å². The second-order valence-corrected chi connectivity index (χ2v) is 4.16. The van der Waals surface area contributed by atoms with E-state index in [1.807, 2.05) is 12.1 Å². The van der Waals surface area contributed by atoms with Crippen LogP contribution in [0, 0.1) is 6.92 Å². The highest BCUT2D eigenvalue weighted by Crippen LogP contribution is 2.15. The molecule has 0 amide bonds. The van der Waals surface area contributed by atoms with E-state index < -0.39 is 0 Å². The fourth-order valence-corrected chi connectivity index (χ4v) is 1.78. The highest BCUT2D eigenvalue weighted by atomic mass is 16.5. The summed E-state index contributed by atoms with van der Waals surface area (Å²) in [5.41, 5.74) is 1.03. The highest BCUT2D eigenvalue weighted by molar-refractivity contribution is 5.91. The first-order valence-electron chi connectivity index (χ1n) is 5.79. The Hall–Kier alpha value is -2.43. The minimum atomic E-state index is -0.352. The monoisotopic (exact) mass is 258 g/mol. The molecule has 0 bridgehead atoms. The SMILES string of the molecule is COc1ccc(-n2nc(C(C)=O)c(=O)cc2C)cc1. The molecule has 5 nitrogen and oxygen atoms in total. The molecule has 0 atom stereocenters. The second kappa shape index (κ2) is 5.06. The predicted molar refractivity (Wildman–Crippen MR) is 71.1 cm³/mol. The van der Waals surface area contributed by atoms with Gasteiger partial charge in [0.25, 0.3) is 0 Å². The minimum Gasteiger partial charge on any atom is -0.497 e. The summed E-state index contributed by atoms with van der Waals surface area (Å²) in [5.74, 6) is 0.390. The van der Waals surface area contributed by atoms with Crippen molar-refractivity contribution in [2.75, 3.05) is 7.11 Å². The Morgan fingerprint density at radius 1 is 1.26 bits per heavy atom. The zero-order valence-corrected chi connectivity index (χ0v) is 11.0. The third-order valence-electron chi connectivity index (χ3n) is 2.76. The second-order valence-electron chi connectivity index (χ2n) is 4.16. The summed E-state index contributed by atoms with van der Waals surface area (Å²) in [6, 6.07) is 8.62. The average molecular weight is 258 g/mol. The zero-order chi connectivity index (χ0) is 14.0. The van der Waals surface area contributed by atoms with Crippen molar-refractivity contribution in [1.29, 1.82) is 0 Å². The Morgan fingerprint density at radius 2 is 1.89 bits per heavy atom. The number of aryl methyl sites for hydroxylation is 1. The molecule has 0 spiro atoms. The summed E-state index contributed by atoms with van der Waals surface area (Å²) in [4.78, 5) is 23.0. The Kier molecular flexibility index (Phi) is 3.46. The van der Waals surface area contributed by atoms with Crippen molar-refractivity contribution in [1.82, 2.24) is 9.78 Å². The van der Waals surface area contributed by atoms with Crippen molar-refractivity contribution in [3.63, 3.8) is 0 Å². The van der Waals surface area contributed by atoms with Gasteiger partial charge in [-0.2, -0.15) is 5.10 Å². The number of carbonyl (C=O) groups excluding carboxylic acids is 1. The number of rotatable bonds is 3. The normalized spacial score (nSPS) is 10.3. The smallest absolute Gasteiger partial charge is 0.211 e. The van der Waals surface area contributed by atoms with E-state index in [0.717, 1.165) is 11.4 Å². The Balaban J connectivity index is 2.57. The van der Waals surface area contributed by atoms with E-state index in [4.69, 9.17) is 4.74 Å². The first-order chi connectivity index (χ1) is 9.02. The predicted octanol–water partition coefficient (Wildman–Crippen LogP) is 1.75. The molecule has 0 saturated carbocycles. The zero-order valence-electron chi connectivity index (χ0n) is 11.0. The fraction of sp³-hybridized carbons (Fsp3) is 0.214. The molecule has 0 aliphatic carbocycles. The van der Waals surface area contributed by atoms with Crippen molar-refractivity contribution < 1.29 is 9.53 Å². The molecule has 1 heterocycles. The molecule has 0 fully saturated rings. The van der Waals surface area contributed by atoms with Crippen molar-refractivity contribution in [3.05, 3.63) is 51.9 Å². The van der Waals surface area contributed by atoms with Gasteiger partial charge in [-0.05, 0) is 31.2 Å². The van der Waals surface area contributed by atoms with Gasteiger partial charge in [0.1, 0.15) is 5.75 Å². The molecule has 0 N–H and O–H groups in total. The van der Waals surface area contributed by atoms with Crippen molar-refractivity contribution >= 4 is 5.78 Å². The number of nitrogens with zero attached hydrogens (tertiary/aromatic N) is 2. The van der Waals surface area contributed by atoms with E-state index in [-0.39, 0.29) is 16.9 Å². The number of hydrogen-bond donors (Lipinski definition) is 0. The van der Waals surface area contributed by atoms with Crippen LogP contribution in [0.1, 0.15) is 23.1 Å². The van der Waals surface area contributed by atoms with Crippen molar-refractivity contribution in [3.8, 4) is 11.4 Å². The van der Waals surface area contributed by atoms with Gasteiger partial charge in [-0.1, -0.05) is 0 Å². The van der Waals surface area contributed by atoms with E-state index in [1.165, 1.54) is 13.0 Å². The van der Waals surface area contributed by atoms with E-state index in [0.29, 0.717) is 5.69 Å². The van der Waals surface area contributed by atoms with Crippen LogP contribution in [0.5, 0.6) is 5.75 Å². The number of methoxy groups -OCH3 is 1. The number of ketones is 1. The number of carbonyl (C=O) groups is 1. The van der Waals surface area contributed by atoms with Gasteiger partial charge in [0.05, 0.1) is 12.8 Å². The van der Waals surface area contributed by atoms with Gasteiger partial charge in [0.15, 0.2) is 11.5 Å². The highest BCUT2D eigenvalue weighted by Gasteiger charge is 2.11. The molecular formula is C14H14N2O3. The Bertz CT molecular complexity index is 672. The molecule has 0 aliphatic rings. The molecule has 19 heavy (non-hydrogen) atoms. The lowest BCUT2D eigenvalue weighted by atomic mass is 10.2. The van der Waals surface area contributed by atoms with Crippen LogP contribution >= 0.6 is 0 Å². The lowest BCUT2D eigenvalue weighted by molar-refractivity contribution is 0.101. The maximum atomic E-state index is 11.6. The molecular weight excluding hydrogens is 244 g/mol. The van der Waals surface area contributed by atoms with E-state index in [9.17, 15) is 9.59 Å². The van der Waals surface area contributed by atoms with E-state index in [2.05, 4.69) is 5.10 Å². The number of benzene rings is 1. The number of ether oxygens (including phenoxy) is 1. The van der Waals surface area contributed by atoms with Gasteiger partial charge >= 0.3 is 0 Å². The summed E-state index contributed by atoms with van der Waals surface area (Å²) >= 11 is 0. The summed E-state index contributed by atoms with van der Waals surface area (Å²) in [6.07, 6.45) is 0. The van der Waals surface area contributed by atoms with Gasteiger partial charge in [-0.25, -0.2) is 4.68 Å². The maximum Gasteiger partial charge on any atom is 0.211 e. The van der Waals surface area contributed by atoms with Gasteiger partial charge in [0.2, 0.25) is 5.43 Å². The standard InChI is InChI=1S/C14H14N2O3/c1-9-8-13(18)14(10(2)17)15-16(9)11-4-6-12(19-3)7-5-11/h4-8H,1-3H3. The lowest BCUT2D eigenvalue weighted by Crippen LogP contribution is -2.21. The molecule has 1 aromatic carbocycles. The first kappa shape index (κ1) is 13.0. The lowest BCUT2D eigenvalue weighted by Gasteiger charge is -2.10. The molecule has 0 saturated heterocycles. The van der Waals surface area contributed by atoms with Crippen LogP contribution in [0.25, 0.3) is 5.69 Å². The number of hydrogen-bond acceptors (Lipinski definition) is 4. The van der Waals surface area contributed by atoms with Crippen molar-refractivity contribution in [2.24, 2.45) is 0 Å². The topological polar surface area (TPSA) is 61.2 Å². The van der Waals surface area contributed by atoms with Crippen LogP contribution in [-0.2, 0) is 0 Å². The van der Waals surface area contributed by atoms with Gasteiger partial charge in [-0.15, -0.1) is 0 Å². The number of aromatic nitrogens is 2. The van der Waals surface area contributed by atoms with Gasteiger partial charge in [-0.3, -0.25) is 9.59 Å². The quantitative estimate of drug-likeness (QED) is 0.787. The molecule has 0 radical (unpaired) electrons. The van der Waals surface area contributed by atoms with Crippen LogP contribution in [0.15, 0.2) is 35.1 Å². The molecule has 0 aliphatic heterocycles. The summed E-state index contributed by atoms with van der Waals surface area (Å²) in [7, 11) is 1.59. The summed E-state index contributed by atoms with van der Waals surface area (Å²) in [5, 5.41) is 4.11. The Labute approximate surface area is 110 Å². The molecule has 0 unspecified atom stereocenters. The Morgan fingerprint density at radius 3 is 2.42 bits per heavy atom. The maximum absolute atomic E-state index is 11.6. The fourth-order valence-electron chi connectivity index (χ4n) is 1.78. The molecule has 98 valence electrons. The van der Waals surface area contributed by atoms with Crippen LogP contribution in [-0.4, -0.2) is 22.7 Å². The van der Waals surface area contributed by atoms with Crippen LogP contribution in [0.4, 0.5) is 0 Å². The molecule has 1 aromatic heterocycles. The first-order valence-corrected chi connectivity index (χ1v) is 5.79. The molecule has 5 heteroatoms. The molecule has 2 aromatic rings. The average Bonchev–Trinajstić information content (AvgIpc) is 2.38. The van der Waals surface area contributed by atoms with Crippen LogP contribution in [0.3, 0.4) is 0 Å². The van der Waals surface area contributed by atoms with E-state index >= 15 is 0 Å². The largest absolute Gasteiger partial charge is 0.497 e.